The van der Waals surface area contributed by atoms with E-state index in [1.165, 1.54) is 15.6 Å². The lowest BCUT2D eigenvalue weighted by molar-refractivity contribution is -0.132. The Hall–Kier alpha value is -3.24. The van der Waals surface area contributed by atoms with E-state index in [-0.39, 0.29) is 30.0 Å². The number of nitrogens with zero attached hydrogens (tertiary/aromatic N) is 5. The molecule has 1 fully saturated rings. The first kappa shape index (κ1) is 24.9. The molecule has 3 amide bonds. The molecule has 3 heterocycles. The highest BCUT2D eigenvalue weighted by atomic mass is 16.2. The number of carbonyl (C=O) groups is 3. The van der Waals surface area contributed by atoms with Crippen molar-refractivity contribution in [2.75, 3.05) is 52.9 Å². The number of piperazine rings is 1. The van der Waals surface area contributed by atoms with Crippen molar-refractivity contribution in [2.24, 2.45) is 0 Å². The van der Waals surface area contributed by atoms with Gasteiger partial charge in [-0.15, -0.1) is 0 Å². The molecule has 0 saturated carbocycles. The monoisotopic (exact) mass is 481 g/mol. The molecule has 10 nitrogen and oxygen atoms in total. The van der Waals surface area contributed by atoms with E-state index in [9.17, 15) is 14.4 Å². The summed E-state index contributed by atoms with van der Waals surface area (Å²) in [5, 5.41) is 10.2. The summed E-state index contributed by atoms with van der Waals surface area (Å²) in [5.41, 5.74) is 0.340. The van der Waals surface area contributed by atoms with Crippen molar-refractivity contribution in [3.8, 4) is 0 Å². The number of benzene rings is 1. The standard InChI is InChI=1S/C25H35N7O3/c1-4-30-12-14-31(15-13-30)11-10-26-22(33)20-16-21-23(34)29(3)25(2,18-32(21)28-20)24(35)27-17-19-8-6-5-7-9-19/h5-9,16H,4,10-15,17-18H2,1-3H3,(H,26,33)(H,27,35). The molecule has 1 saturated heterocycles. The number of amides is 3. The minimum atomic E-state index is -1.13. The van der Waals surface area contributed by atoms with Gasteiger partial charge in [-0.25, -0.2) is 0 Å². The molecular weight excluding hydrogens is 446 g/mol. The molecule has 35 heavy (non-hydrogen) atoms. The van der Waals surface area contributed by atoms with Gasteiger partial charge in [0.25, 0.3) is 11.8 Å². The fourth-order valence-corrected chi connectivity index (χ4v) is 4.55. The van der Waals surface area contributed by atoms with Gasteiger partial charge in [0, 0.05) is 58.9 Å². The summed E-state index contributed by atoms with van der Waals surface area (Å²) in [6, 6.07) is 11.1. The summed E-state index contributed by atoms with van der Waals surface area (Å²) >= 11 is 0. The predicted octanol–water partition coefficient (Wildman–Crippen LogP) is 0.411. The summed E-state index contributed by atoms with van der Waals surface area (Å²) in [4.78, 5) is 45.1. The Balaban J connectivity index is 1.36. The second-order valence-electron chi connectivity index (χ2n) is 9.41. The van der Waals surface area contributed by atoms with Crippen molar-refractivity contribution in [3.63, 3.8) is 0 Å². The molecule has 0 spiro atoms. The first-order chi connectivity index (χ1) is 16.8. The average Bonchev–Trinajstić information content (AvgIpc) is 3.31. The van der Waals surface area contributed by atoms with Crippen LogP contribution in [0.5, 0.6) is 0 Å². The molecule has 0 radical (unpaired) electrons. The van der Waals surface area contributed by atoms with Crippen LogP contribution in [-0.2, 0) is 17.9 Å². The van der Waals surface area contributed by atoms with Crippen LogP contribution in [0.25, 0.3) is 0 Å². The van der Waals surface area contributed by atoms with Gasteiger partial charge in [-0.05, 0) is 19.0 Å². The van der Waals surface area contributed by atoms with E-state index in [1.54, 1.807) is 14.0 Å². The molecule has 0 aliphatic carbocycles. The molecule has 1 aromatic carbocycles. The Morgan fingerprint density at radius 2 is 1.74 bits per heavy atom. The SMILES string of the molecule is CCN1CCN(CCNC(=O)c2cc3n(n2)CC(C)(C(=O)NCc2ccccc2)N(C)C3=O)CC1. The normalized spacial score (nSPS) is 21.0. The Bertz CT molecular complexity index is 1060. The Morgan fingerprint density at radius 1 is 1.06 bits per heavy atom. The lowest BCUT2D eigenvalue weighted by Gasteiger charge is -2.40. The Kier molecular flexibility index (Phi) is 7.51. The van der Waals surface area contributed by atoms with E-state index in [1.807, 2.05) is 30.3 Å². The van der Waals surface area contributed by atoms with Crippen LogP contribution in [0.4, 0.5) is 0 Å². The quantitative estimate of drug-likeness (QED) is 0.566. The van der Waals surface area contributed by atoms with Crippen LogP contribution in [-0.4, -0.2) is 101 Å². The van der Waals surface area contributed by atoms with Gasteiger partial charge in [0.1, 0.15) is 11.2 Å². The van der Waals surface area contributed by atoms with Crippen LogP contribution in [0, 0.1) is 0 Å². The van der Waals surface area contributed by atoms with Crippen molar-refractivity contribution in [2.45, 2.75) is 32.5 Å². The number of carbonyl (C=O) groups excluding carboxylic acids is 3. The summed E-state index contributed by atoms with van der Waals surface area (Å²) < 4.78 is 1.48. The molecule has 10 heteroatoms. The van der Waals surface area contributed by atoms with Crippen LogP contribution in [0.3, 0.4) is 0 Å². The zero-order chi connectivity index (χ0) is 25.0. The molecule has 0 bridgehead atoms. The molecule has 2 N–H and O–H groups in total. The molecular formula is C25H35N7O3. The minimum Gasteiger partial charge on any atom is -0.350 e. The van der Waals surface area contributed by atoms with Gasteiger partial charge in [-0.3, -0.25) is 24.0 Å². The second kappa shape index (κ2) is 10.6. The lowest BCUT2D eigenvalue weighted by Crippen LogP contribution is -2.62. The van der Waals surface area contributed by atoms with Crippen molar-refractivity contribution in [1.29, 1.82) is 0 Å². The maximum atomic E-state index is 13.1. The fraction of sp³-hybridized carbons (Fsp3) is 0.520. The summed E-state index contributed by atoms with van der Waals surface area (Å²) in [6.45, 7) is 10.9. The molecule has 1 unspecified atom stereocenters. The van der Waals surface area contributed by atoms with Crippen LogP contribution in [0.2, 0.25) is 0 Å². The minimum absolute atomic E-state index is 0.167. The van der Waals surface area contributed by atoms with E-state index in [4.69, 9.17) is 0 Å². The maximum absolute atomic E-state index is 13.1. The highest BCUT2D eigenvalue weighted by Crippen LogP contribution is 2.26. The summed E-state index contributed by atoms with van der Waals surface area (Å²) in [6.07, 6.45) is 0. The largest absolute Gasteiger partial charge is 0.350 e. The zero-order valence-corrected chi connectivity index (χ0v) is 20.8. The van der Waals surface area contributed by atoms with Gasteiger partial charge < -0.3 is 20.4 Å². The van der Waals surface area contributed by atoms with E-state index in [2.05, 4.69) is 32.5 Å². The number of rotatable bonds is 8. The topological polar surface area (TPSA) is 103 Å². The van der Waals surface area contributed by atoms with Gasteiger partial charge in [-0.2, -0.15) is 5.10 Å². The molecule has 1 aromatic heterocycles. The summed E-state index contributed by atoms with van der Waals surface area (Å²) in [7, 11) is 1.61. The molecule has 2 aliphatic heterocycles. The third kappa shape index (κ3) is 5.38. The number of nitrogens with one attached hydrogen (secondary N) is 2. The van der Waals surface area contributed by atoms with Gasteiger partial charge in [0.15, 0.2) is 5.69 Å². The number of likely N-dealkylation sites (N-methyl/N-ethyl adjacent to an activating group) is 2. The molecule has 4 rings (SSSR count). The summed E-state index contributed by atoms with van der Waals surface area (Å²) in [5.74, 6) is -0.925. The van der Waals surface area contributed by atoms with Crippen LogP contribution in [0.15, 0.2) is 36.4 Å². The number of fused-ring (bicyclic) bond motifs is 1. The first-order valence-corrected chi connectivity index (χ1v) is 12.2. The highest BCUT2D eigenvalue weighted by Gasteiger charge is 2.46. The Morgan fingerprint density at radius 3 is 2.43 bits per heavy atom. The van der Waals surface area contributed by atoms with E-state index >= 15 is 0 Å². The number of hydrogen-bond donors (Lipinski definition) is 2. The average molecular weight is 482 g/mol. The van der Waals surface area contributed by atoms with E-state index in [0.717, 1.165) is 44.8 Å². The van der Waals surface area contributed by atoms with Crippen LogP contribution >= 0.6 is 0 Å². The lowest BCUT2D eigenvalue weighted by atomic mass is 9.96. The number of hydrogen-bond acceptors (Lipinski definition) is 6. The Labute approximate surface area is 206 Å². The maximum Gasteiger partial charge on any atom is 0.272 e. The van der Waals surface area contributed by atoms with Crippen molar-refractivity contribution >= 4 is 17.7 Å². The zero-order valence-electron chi connectivity index (χ0n) is 20.8. The van der Waals surface area contributed by atoms with Crippen LogP contribution in [0.1, 0.15) is 40.4 Å². The third-order valence-electron chi connectivity index (χ3n) is 7.15. The smallest absolute Gasteiger partial charge is 0.272 e. The van der Waals surface area contributed by atoms with E-state index in [0.29, 0.717) is 18.8 Å². The van der Waals surface area contributed by atoms with Gasteiger partial charge in [0.2, 0.25) is 5.91 Å². The molecule has 1 atom stereocenters. The van der Waals surface area contributed by atoms with Gasteiger partial charge in [0.05, 0.1) is 6.54 Å². The van der Waals surface area contributed by atoms with Crippen molar-refractivity contribution < 1.29 is 14.4 Å². The molecule has 188 valence electrons. The van der Waals surface area contributed by atoms with Gasteiger partial charge >= 0.3 is 0 Å². The number of aromatic nitrogens is 2. The van der Waals surface area contributed by atoms with Crippen molar-refractivity contribution in [3.05, 3.63) is 53.3 Å². The fourth-order valence-electron chi connectivity index (χ4n) is 4.55. The van der Waals surface area contributed by atoms with Crippen LogP contribution < -0.4 is 10.6 Å². The van der Waals surface area contributed by atoms with Crippen molar-refractivity contribution in [1.82, 2.24) is 35.1 Å². The van der Waals surface area contributed by atoms with E-state index < -0.39 is 5.54 Å². The highest BCUT2D eigenvalue weighted by molar-refractivity contribution is 6.01. The second-order valence-corrected chi connectivity index (χ2v) is 9.41. The molecule has 2 aliphatic rings. The van der Waals surface area contributed by atoms with Gasteiger partial charge in [-0.1, -0.05) is 37.3 Å². The first-order valence-electron chi connectivity index (χ1n) is 12.2. The molecule has 2 aromatic rings. The third-order valence-corrected chi connectivity index (χ3v) is 7.15. The predicted molar refractivity (Wildman–Crippen MR) is 132 cm³/mol.